The number of carbonyl (C=O) groups is 2. The molecule has 0 aromatic heterocycles. The van der Waals surface area contributed by atoms with Gasteiger partial charge in [0.05, 0.1) is 0 Å². The summed E-state index contributed by atoms with van der Waals surface area (Å²) in [5.74, 6) is 0. The summed E-state index contributed by atoms with van der Waals surface area (Å²) >= 11 is 0. The molecule has 0 spiro atoms. The fourth-order valence-corrected chi connectivity index (χ4v) is 1.36. The molecule has 14 heavy (non-hydrogen) atoms. The minimum Gasteiger partial charge on any atom is -0.444 e. The first-order valence-electron chi connectivity index (χ1n) is 4.87. The lowest BCUT2D eigenvalue weighted by atomic mass is 10.0. The van der Waals surface area contributed by atoms with Gasteiger partial charge in [0.25, 0.3) is 0 Å². The molecule has 0 unspecified atom stereocenters. The van der Waals surface area contributed by atoms with Crippen LogP contribution in [-0.4, -0.2) is 35.5 Å². The average Bonchev–Trinajstić information content (AvgIpc) is 1.93. The summed E-state index contributed by atoms with van der Waals surface area (Å²) in [5, 5.41) is 0. The Labute approximate surface area is 84.2 Å². The molecule has 1 heterocycles. The lowest BCUT2D eigenvalue weighted by Gasteiger charge is -2.40. The molecular formula is C10H17NO3. The van der Waals surface area contributed by atoms with Gasteiger partial charge < -0.3 is 14.4 Å². The van der Waals surface area contributed by atoms with Crippen molar-refractivity contribution in [1.29, 1.82) is 0 Å². The zero-order valence-corrected chi connectivity index (χ0v) is 8.95. The molecule has 1 aliphatic heterocycles. The molecule has 1 saturated heterocycles. The van der Waals surface area contributed by atoms with E-state index < -0.39 is 5.60 Å². The Bertz CT molecular complexity index is 232. The van der Waals surface area contributed by atoms with Crippen molar-refractivity contribution >= 4 is 12.4 Å². The number of ether oxygens (including phenoxy) is 1. The summed E-state index contributed by atoms with van der Waals surface area (Å²) in [6, 6.07) is 0.0577. The van der Waals surface area contributed by atoms with Gasteiger partial charge in [0, 0.05) is 19.0 Å². The highest BCUT2D eigenvalue weighted by molar-refractivity contribution is 5.70. The predicted octanol–water partition coefficient (Wildman–Crippen LogP) is 1.58. The van der Waals surface area contributed by atoms with Crippen molar-refractivity contribution in [1.82, 2.24) is 4.90 Å². The number of likely N-dealkylation sites (tertiary alicyclic amines) is 1. The molecule has 0 aromatic carbocycles. The molecule has 0 bridgehead atoms. The van der Waals surface area contributed by atoms with Crippen molar-refractivity contribution in [2.24, 2.45) is 0 Å². The zero-order chi connectivity index (χ0) is 10.8. The van der Waals surface area contributed by atoms with Crippen LogP contribution in [-0.2, 0) is 9.53 Å². The van der Waals surface area contributed by atoms with Gasteiger partial charge in [-0.2, -0.15) is 0 Å². The minimum atomic E-state index is -0.460. The highest BCUT2D eigenvalue weighted by atomic mass is 16.6. The Hall–Kier alpha value is -1.06. The van der Waals surface area contributed by atoms with Gasteiger partial charge in [-0.3, -0.25) is 0 Å². The van der Waals surface area contributed by atoms with Crippen molar-refractivity contribution in [3.63, 3.8) is 0 Å². The lowest BCUT2D eigenvalue weighted by molar-refractivity contribution is -0.109. The largest absolute Gasteiger partial charge is 0.444 e. The highest BCUT2D eigenvalue weighted by Crippen LogP contribution is 2.22. The normalized spacial score (nSPS) is 21.4. The average molecular weight is 199 g/mol. The maximum absolute atomic E-state index is 11.5. The number of carbonyl (C=O) groups excluding carboxylic acids is 2. The van der Waals surface area contributed by atoms with E-state index in [-0.39, 0.29) is 12.1 Å². The molecule has 1 aliphatic rings. The van der Waals surface area contributed by atoms with E-state index in [1.807, 2.05) is 20.8 Å². The number of hydrogen-bond donors (Lipinski definition) is 0. The van der Waals surface area contributed by atoms with Crippen molar-refractivity contribution in [3.8, 4) is 0 Å². The second-order valence-corrected chi connectivity index (χ2v) is 4.52. The van der Waals surface area contributed by atoms with Crippen LogP contribution < -0.4 is 0 Å². The molecule has 80 valence electrons. The van der Waals surface area contributed by atoms with Gasteiger partial charge in [0.1, 0.15) is 11.9 Å². The third-order valence-corrected chi connectivity index (χ3v) is 2.14. The zero-order valence-electron chi connectivity index (χ0n) is 8.95. The van der Waals surface area contributed by atoms with E-state index in [1.165, 1.54) is 0 Å². The molecule has 0 radical (unpaired) electrons. The summed E-state index contributed by atoms with van der Waals surface area (Å²) in [6.07, 6.45) is 1.86. The van der Waals surface area contributed by atoms with Crippen LogP contribution in [0, 0.1) is 0 Å². The van der Waals surface area contributed by atoms with Crippen LogP contribution in [0.3, 0.4) is 0 Å². The highest BCUT2D eigenvalue weighted by Gasteiger charge is 2.34. The SMILES string of the molecule is CC(C)(C)OC(=O)N1CC[C@H]1CC=O. The van der Waals surface area contributed by atoms with Crippen LogP contribution in [0.1, 0.15) is 33.6 Å². The molecule has 4 heteroatoms. The predicted molar refractivity (Wildman–Crippen MR) is 52.0 cm³/mol. The Morgan fingerprint density at radius 2 is 2.21 bits per heavy atom. The molecule has 1 rings (SSSR count). The van der Waals surface area contributed by atoms with Gasteiger partial charge in [-0.25, -0.2) is 4.79 Å². The van der Waals surface area contributed by atoms with Crippen molar-refractivity contribution < 1.29 is 14.3 Å². The van der Waals surface area contributed by atoms with E-state index in [4.69, 9.17) is 4.74 Å². The van der Waals surface area contributed by atoms with Crippen LogP contribution >= 0.6 is 0 Å². The van der Waals surface area contributed by atoms with Gasteiger partial charge in [0.2, 0.25) is 0 Å². The summed E-state index contributed by atoms with van der Waals surface area (Å²) in [4.78, 5) is 23.4. The maximum Gasteiger partial charge on any atom is 0.410 e. The topological polar surface area (TPSA) is 46.6 Å². The van der Waals surface area contributed by atoms with Crippen LogP contribution in [0.4, 0.5) is 4.79 Å². The minimum absolute atomic E-state index is 0.0577. The molecule has 0 aliphatic carbocycles. The van der Waals surface area contributed by atoms with Gasteiger partial charge in [-0.05, 0) is 27.2 Å². The maximum atomic E-state index is 11.5. The van der Waals surface area contributed by atoms with E-state index in [9.17, 15) is 9.59 Å². The molecule has 1 fully saturated rings. The second kappa shape index (κ2) is 3.98. The molecule has 1 atom stereocenters. The first-order valence-corrected chi connectivity index (χ1v) is 4.87. The first-order chi connectivity index (χ1) is 6.44. The third-order valence-electron chi connectivity index (χ3n) is 2.14. The van der Waals surface area contributed by atoms with Gasteiger partial charge >= 0.3 is 6.09 Å². The third kappa shape index (κ3) is 2.72. The van der Waals surface area contributed by atoms with E-state index in [0.717, 1.165) is 12.7 Å². The molecule has 1 amide bonds. The van der Waals surface area contributed by atoms with Crippen molar-refractivity contribution in [2.75, 3.05) is 6.54 Å². The number of amides is 1. The Kier molecular flexibility index (Phi) is 3.13. The van der Waals surface area contributed by atoms with Gasteiger partial charge in [-0.15, -0.1) is 0 Å². The quantitative estimate of drug-likeness (QED) is 0.634. The first kappa shape index (κ1) is 11.0. The van der Waals surface area contributed by atoms with Crippen molar-refractivity contribution in [2.45, 2.75) is 45.3 Å². The monoisotopic (exact) mass is 199 g/mol. The number of aldehydes is 1. The number of rotatable bonds is 2. The van der Waals surface area contributed by atoms with E-state index in [2.05, 4.69) is 0 Å². The van der Waals surface area contributed by atoms with Gasteiger partial charge in [-0.1, -0.05) is 0 Å². The molecular weight excluding hydrogens is 182 g/mol. The van der Waals surface area contributed by atoms with E-state index in [0.29, 0.717) is 13.0 Å². The van der Waals surface area contributed by atoms with Gasteiger partial charge in [0.15, 0.2) is 0 Å². The standard InChI is InChI=1S/C10H17NO3/c1-10(2,3)14-9(13)11-6-4-8(11)5-7-12/h7-8H,4-6H2,1-3H3/t8-/m0/s1. The molecule has 4 nitrogen and oxygen atoms in total. The Morgan fingerprint density at radius 3 is 2.57 bits per heavy atom. The Balaban J connectivity index is 2.42. The Morgan fingerprint density at radius 1 is 1.57 bits per heavy atom. The summed E-state index contributed by atoms with van der Waals surface area (Å²) in [5.41, 5.74) is -0.460. The molecule has 0 saturated carbocycles. The van der Waals surface area contributed by atoms with Crippen molar-refractivity contribution in [3.05, 3.63) is 0 Å². The summed E-state index contributed by atoms with van der Waals surface area (Å²) < 4.78 is 5.19. The molecule has 0 N–H and O–H groups in total. The van der Waals surface area contributed by atoms with E-state index in [1.54, 1.807) is 4.90 Å². The summed E-state index contributed by atoms with van der Waals surface area (Å²) in [6.45, 7) is 6.20. The van der Waals surface area contributed by atoms with Crippen LogP contribution in [0.5, 0.6) is 0 Å². The summed E-state index contributed by atoms with van der Waals surface area (Å²) in [7, 11) is 0. The second-order valence-electron chi connectivity index (χ2n) is 4.52. The lowest BCUT2D eigenvalue weighted by Crippen LogP contribution is -2.52. The molecule has 0 aromatic rings. The number of nitrogens with zero attached hydrogens (tertiary/aromatic N) is 1. The van der Waals surface area contributed by atoms with Crippen LogP contribution in [0.25, 0.3) is 0 Å². The smallest absolute Gasteiger partial charge is 0.410 e. The van der Waals surface area contributed by atoms with Crippen LogP contribution in [0.15, 0.2) is 0 Å². The fourth-order valence-electron chi connectivity index (χ4n) is 1.36. The fraction of sp³-hybridized carbons (Fsp3) is 0.800. The number of hydrogen-bond acceptors (Lipinski definition) is 3. The van der Waals surface area contributed by atoms with Crippen LogP contribution in [0.2, 0.25) is 0 Å². The van der Waals surface area contributed by atoms with E-state index >= 15 is 0 Å².